The fourth-order valence-electron chi connectivity index (χ4n) is 2.25. The highest BCUT2D eigenvalue weighted by atomic mass is 16.6. The second-order valence-electron chi connectivity index (χ2n) is 5.74. The summed E-state index contributed by atoms with van der Waals surface area (Å²) in [6.45, 7) is 2.79. The Morgan fingerprint density at radius 2 is 1.96 bits per heavy atom. The molecule has 0 unspecified atom stereocenters. The Labute approximate surface area is 157 Å². The van der Waals surface area contributed by atoms with Gasteiger partial charge in [0.2, 0.25) is 5.91 Å². The van der Waals surface area contributed by atoms with E-state index in [9.17, 15) is 14.9 Å². The maximum absolute atomic E-state index is 12.1. The first-order chi connectivity index (χ1) is 13.0. The van der Waals surface area contributed by atoms with Crippen LogP contribution in [0.15, 0.2) is 48.5 Å². The molecular formula is C20H22N2O5. The van der Waals surface area contributed by atoms with Crippen LogP contribution < -0.4 is 14.8 Å². The lowest BCUT2D eigenvalue weighted by atomic mass is 10.2. The molecule has 7 nitrogen and oxygen atoms in total. The van der Waals surface area contributed by atoms with Gasteiger partial charge in [0.05, 0.1) is 30.4 Å². The van der Waals surface area contributed by atoms with Crippen LogP contribution in [-0.2, 0) is 4.79 Å². The zero-order valence-corrected chi connectivity index (χ0v) is 15.3. The Morgan fingerprint density at radius 3 is 2.59 bits per heavy atom. The van der Waals surface area contributed by atoms with Gasteiger partial charge in [0.25, 0.3) is 5.69 Å². The summed E-state index contributed by atoms with van der Waals surface area (Å²) in [4.78, 5) is 22.4. The number of nitrogens with one attached hydrogen (secondary N) is 1. The van der Waals surface area contributed by atoms with Crippen LogP contribution in [0.3, 0.4) is 0 Å². The Hall–Kier alpha value is -3.35. The lowest BCUT2D eigenvalue weighted by molar-refractivity contribution is -0.384. The van der Waals surface area contributed by atoms with Crippen LogP contribution in [0.1, 0.15) is 25.3 Å². The first-order valence-electron chi connectivity index (χ1n) is 8.58. The third-order valence-electron chi connectivity index (χ3n) is 3.73. The maximum Gasteiger partial charge on any atom is 0.273 e. The molecule has 0 aromatic heterocycles. The molecule has 7 heteroatoms. The van der Waals surface area contributed by atoms with Crippen molar-refractivity contribution in [3.63, 3.8) is 0 Å². The number of nitro benzene ring substituents is 1. The van der Waals surface area contributed by atoms with E-state index < -0.39 is 4.92 Å². The summed E-state index contributed by atoms with van der Waals surface area (Å²) in [6, 6.07) is 11.4. The van der Waals surface area contributed by atoms with Gasteiger partial charge >= 0.3 is 0 Å². The minimum absolute atomic E-state index is 0.110. The van der Waals surface area contributed by atoms with Crippen LogP contribution in [0.4, 0.5) is 11.4 Å². The van der Waals surface area contributed by atoms with Crippen molar-refractivity contribution in [2.45, 2.75) is 19.8 Å². The number of carbonyl (C=O) groups excluding carboxylic acids is 1. The summed E-state index contributed by atoms with van der Waals surface area (Å²) >= 11 is 0. The van der Waals surface area contributed by atoms with E-state index in [4.69, 9.17) is 9.47 Å². The number of nitro groups is 1. The number of amides is 1. The molecule has 2 rings (SSSR count). The number of hydrogen-bond acceptors (Lipinski definition) is 5. The molecule has 0 saturated carbocycles. The van der Waals surface area contributed by atoms with Crippen molar-refractivity contribution in [2.24, 2.45) is 0 Å². The molecule has 0 fully saturated rings. The molecule has 1 amide bonds. The van der Waals surface area contributed by atoms with E-state index in [1.54, 1.807) is 6.08 Å². The third-order valence-corrected chi connectivity index (χ3v) is 3.73. The third kappa shape index (κ3) is 6.14. The van der Waals surface area contributed by atoms with Crippen LogP contribution in [0.2, 0.25) is 0 Å². The second-order valence-corrected chi connectivity index (χ2v) is 5.74. The number of nitrogens with zero attached hydrogens (tertiary/aromatic N) is 1. The lowest BCUT2D eigenvalue weighted by Crippen LogP contribution is -2.09. The van der Waals surface area contributed by atoms with E-state index in [0.29, 0.717) is 12.3 Å². The Kier molecular flexibility index (Phi) is 7.37. The van der Waals surface area contributed by atoms with Gasteiger partial charge in [-0.15, -0.1) is 0 Å². The van der Waals surface area contributed by atoms with Crippen molar-refractivity contribution < 1.29 is 19.2 Å². The second kappa shape index (κ2) is 9.96. The molecule has 27 heavy (non-hydrogen) atoms. The molecule has 0 spiro atoms. The molecule has 1 N–H and O–H groups in total. The van der Waals surface area contributed by atoms with Gasteiger partial charge in [-0.25, -0.2) is 0 Å². The molecule has 0 heterocycles. The molecule has 0 aliphatic carbocycles. The largest absolute Gasteiger partial charge is 0.494 e. The van der Waals surface area contributed by atoms with E-state index in [1.165, 1.54) is 31.4 Å². The fourth-order valence-corrected chi connectivity index (χ4v) is 2.25. The normalized spacial score (nSPS) is 10.6. The van der Waals surface area contributed by atoms with Gasteiger partial charge in [-0.1, -0.05) is 25.5 Å². The Morgan fingerprint density at radius 1 is 1.22 bits per heavy atom. The van der Waals surface area contributed by atoms with Crippen LogP contribution in [0, 0.1) is 10.1 Å². The van der Waals surface area contributed by atoms with Gasteiger partial charge in [0, 0.05) is 12.1 Å². The molecule has 142 valence electrons. The van der Waals surface area contributed by atoms with Gasteiger partial charge in [0.1, 0.15) is 11.5 Å². The summed E-state index contributed by atoms with van der Waals surface area (Å²) in [6.07, 6.45) is 5.14. The predicted octanol–water partition coefficient (Wildman–Crippen LogP) is 4.43. The first-order valence-corrected chi connectivity index (χ1v) is 8.58. The molecule has 0 aliphatic rings. The standard InChI is InChI=1S/C20H22N2O5/c1-3-4-13-27-17-9-5-15(6-10-17)7-12-20(23)21-18-11-8-16(22(24)25)14-19(18)26-2/h5-12,14H,3-4,13H2,1-2H3,(H,21,23). The van der Waals surface area contributed by atoms with E-state index >= 15 is 0 Å². The number of anilines is 1. The molecule has 0 bridgehead atoms. The molecule has 0 atom stereocenters. The SMILES string of the molecule is CCCCOc1ccc(C=CC(=O)Nc2ccc([N+](=O)[O-])cc2OC)cc1. The monoisotopic (exact) mass is 370 g/mol. The van der Waals surface area contributed by atoms with Crippen molar-refractivity contribution in [3.8, 4) is 11.5 Å². The number of non-ortho nitro benzene ring substituents is 1. The summed E-state index contributed by atoms with van der Waals surface area (Å²) in [5, 5.41) is 13.4. The minimum Gasteiger partial charge on any atom is -0.494 e. The van der Waals surface area contributed by atoms with E-state index in [-0.39, 0.29) is 17.3 Å². The summed E-state index contributed by atoms with van der Waals surface area (Å²) in [5.41, 5.74) is 1.10. The quantitative estimate of drug-likeness (QED) is 0.305. The van der Waals surface area contributed by atoms with Gasteiger partial charge in [-0.2, -0.15) is 0 Å². The highest BCUT2D eigenvalue weighted by molar-refractivity contribution is 6.02. The van der Waals surface area contributed by atoms with Crippen LogP contribution in [0.5, 0.6) is 11.5 Å². The Balaban J connectivity index is 1.98. The molecule has 2 aromatic rings. The van der Waals surface area contributed by atoms with E-state index in [1.807, 2.05) is 24.3 Å². The summed E-state index contributed by atoms with van der Waals surface area (Å²) in [7, 11) is 1.38. The van der Waals surface area contributed by atoms with Crippen LogP contribution in [-0.4, -0.2) is 24.5 Å². The molecule has 0 radical (unpaired) electrons. The minimum atomic E-state index is -0.524. The zero-order chi connectivity index (χ0) is 19.6. The lowest BCUT2D eigenvalue weighted by Gasteiger charge is -2.08. The van der Waals surface area contributed by atoms with Gasteiger partial charge in [0.15, 0.2) is 0 Å². The Bertz CT molecular complexity index is 816. The molecule has 0 saturated heterocycles. The van der Waals surface area contributed by atoms with Crippen LogP contribution in [0.25, 0.3) is 6.08 Å². The van der Waals surface area contributed by atoms with Crippen molar-refractivity contribution in [1.29, 1.82) is 0 Å². The maximum atomic E-state index is 12.1. The number of unbranched alkanes of at least 4 members (excludes halogenated alkanes) is 1. The zero-order valence-electron chi connectivity index (χ0n) is 15.3. The van der Waals surface area contributed by atoms with E-state index in [2.05, 4.69) is 12.2 Å². The molecule has 2 aromatic carbocycles. The fraction of sp³-hybridized carbons (Fsp3) is 0.250. The van der Waals surface area contributed by atoms with Gasteiger partial charge < -0.3 is 14.8 Å². The molecular weight excluding hydrogens is 348 g/mol. The number of benzene rings is 2. The molecule has 0 aliphatic heterocycles. The first kappa shape index (κ1) is 20.0. The van der Waals surface area contributed by atoms with Crippen molar-refractivity contribution >= 4 is 23.4 Å². The predicted molar refractivity (Wildman–Crippen MR) is 104 cm³/mol. The highest BCUT2D eigenvalue weighted by Gasteiger charge is 2.12. The van der Waals surface area contributed by atoms with Crippen LogP contribution >= 0.6 is 0 Å². The van der Waals surface area contributed by atoms with Crippen molar-refractivity contribution in [1.82, 2.24) is 0 Å². The number of carbonyl (C=O) groups is 1. The number of hydrogen-bond donors (Lipinski definition) is 1. The van der Waals surface area contributed by atoms with E-state index in [0.717, 1.165) is 24.2 Å². The van der Waals surface area contributed by atoms with Gasteiger partial charge in [-0.3, -0.25) is 14.9 Å². The highest BCUT2D eigenvalue weighted by Crippen LogP contribution is 2.29. The summed E-state index contributed by atoms with van der Waals surface area (Å²) < 4.78 is 10.7. The van der Waals surface area contributed by atoms with Crippen molar-refractivity contribution in [3.05, 3.63) is 64.2 Å². The topological polar surface area (TPSA) is 90.7 Å². The number of ether oxygens (including phenoxy) is 2. The summed E-state index contributed by atoms with van der Waals surface area (Å²) in [5.74, 6) is 0.644. The number of methoxy groups -OCH3 is 1. The number of rotatable bonds is 9. The van der Waals surface area contributed by atoms with Crippen molar-refractivity contribution in [2.75, 3.05) is 19.0 Å². The smallest absolute Gasteiger partial charge is 0.273 e. The average molecular weight is 370 g/mol. The average Bonchev–Trinajstić information content (AvgIpc) is 2.67. The van der Waals surface area contributed by atoms with Gasteiger partial charge in [-0.05, 0) is 36.3 Å².